The molecule has 2 aliphatic rings. The van der Waals surface area contributed by atoms with E-state index in [9.17, 15) is 14.4 Å². The van der Waals surface area contributed by atoms with Gasteiger partial charge in [0, 0.05) is 14.0 Å². The second-order valence-electron chi connectivity index (χ2n) is 8.08. The van der Waals surface area contributed by atoms with E-state index in [1.807, 2.05) is 0 Å². The van der Waals surface area contributed by atoms with Gasteiger partial charge in [-0.2, -0.15) is 0 Å². The van der Waals surface area contributed by atoms with Crippen molar-refractivity contribution in [3.8, 4) is 0 Å². The Bertz CT molecular complexity index is 1040. The fourth-order valence-corrected chi connectivity index (χ4v) is 3.96. The predicted octanol–water partition coefficient (Wildman–Crippen LogP) is 2.11. The Hall–Kier alpha value is -3.31. The van der Waals surface area contributed by atoms with E-state index in [-0.39, 0.29) is 17.7 Å². The fraction of sp³-hybridized carbons (Fsp3) is 0.400. The van der Waals surface area contributed by atoms with Gasteiger partial charge in [-0.15, -0.1) is 0 Å². The lowest BCUT2D eigenvalue weighted by atomic mass is 9.96. The van der Waals surface area contributed by atoms with Gasteiger partial charge in [0.15, 0.2) is 18.5 Å². The van der Waals surface area contributed by atoms with Crippen molar-refractivity contribution in [1.82, 2.24) is 0 Å². The fourth-order valence-electron chi connectivity index (χ4n) is 3.96. The second-order valence-corrected chi connectivity index (χ2v) is 8.08. The summed E-state index contributed by atoms with van der Waals surface area (Å²) in [5, 5.41) is 0. The maximum absolute atomic E-state index is 13.0. The van der Waals surface area contributed by atoms with Crippen LogP contribution in [0.25, 0.3) is 0 Å². The van der Waals surface area contributed by atoms with Gasteiger partial charge in [0.2, 0.25) is 0 Å². The summed E-state index contributed by atoms with van der Waals surface area (Å²) in [6.07, 6.45) is -5.36. The summed E-state index contributed by atoms with van der Waals surface area (Å²) in [4.78, 5) is 38.3. The average molecular weight is 486 g/mol. The summed E-state index contributed by atoms with van der Waals surface area (Å²) in [5.41, 5.74) is 0.561. The van der Waals surface area contributed by atoms with Gasteiger partial charge in [0.05, 0.1) is 24.8 Å². The molecule has 2 saturated heterocycles. The number of benzene rings is 2. The summed E-state index contributed by atoms with van der Waals surface area (Å²) >= 11 is 0. The van der Waals surface area contributed by atoms with Gasteiger partial charge in [-0.1, -0.05) is 36.4 Å². The second kappa shape index (κ2) is 10.5. The number of methoxy groups -OCH3 is 2. The van der Waals surface area contributed by atoms with Gasteiger partial charge >= 0.3 is 17.9 Å². The number of carbonyl (C=O) groups is 3. The third kappa shape index (κ3) is 5.20. The third-order valence-electron chi connectivity index (χ3n) is 5.77. The van der Waals surface area contributed by atoms with Crippen LogP contribution in [0, 0.1) is 0 Å². The SMILES string of the molecule is COC(=O)C1(C)OC[C@H]2O[C@H](OC)[C@@H](OC(=O)c3ccccc3)[C@@H](OC(=O)c3ccccc3)[C@@H]2O1. The molecule has 2 heterocycles. The summed E-state index contributed by atoms with van der Waals surface area (Å²) in [5.74, 6) is -3.93. The van der Waals surface area contributed by atoms with E-state index in [0.29, 0.717) is 0 Å². The largest absolute Gasteiger partial charge is 0.465 e. The van der Waals surface area contributed by atoms with Gasteiger partial charge < -0.3 is 33.2 Å². The van der Waals surface area contributed by atoms with Crippen LogP contribution in [-0.2, 0) is 38.0 Å². The molecule has 2 aliphatic heterocycles. The predicted molar refractivity (Wildman–Crippen MR) is 118 cm³/mol. The first kappa shape index (κ1) is 24.8. The molecule has 10 heteroatoms. The topological polar surface area (TPSA) is 116 Å². The number of rotatable bonds is 6. The van der Waals surface area contributed by atoms with Crippen LogP contribution in [0.5, 0.6) is 0 Å². The number of esters is 3. The van der Waals surface area contributed by atoms with Crippen molar-refractivity contribution in [2.24, 2.45) is 0 Å². The molecule has 0 saturated carbocycles. The first-order valence-corrected chi connectivity index (χ1v) is 11.0. The molecule has 0 bridgehead atoms. The van der Waals surface area contributed by atoms with Crippen LogP contribution in [0.2, 0.25) is 0 Å². The van der Waals surface area contributed by atoms with Crippen LogP contribution in [0.3, 0.4) is 0 Å². The Morgan fingerprint density at radius 3 is 1.91 bits per heavy atom. The van der Waals surface area contributed by atoms with Crippen molar-refractivity contribution in [2.45, 2.75) is 43.4 Å². The zero-order valence-corrected chi connectivity index (χ0v) is 19.4. The Morgan fingerprint density at radius 2 is 1.40 bits per heavy atom. The average Bonchev–Trinajstić information content (AvgIpc) is 2.90. The Kier molecular flexibility index (Phi) is 7.46. The van der Waals surface area contributed by atoms with Crippen molar-refractivity contribution in [1.29, 1.82) is 0 Å². The Morgan fingerprint density at radius 1 is 0.857 bits per heavy atom. The molecule has 0 spiro atoms. The van der Waals surface area contributed by atoms with Crippen molar-refractivity contribution < 1.29 is 47.5 Å². The number of hydrogen-bond donors (Lipinski definition) is 0. The first-order valence-electron chi connectivity index (χ1n) is 11.0. The van der Waals surface area contributed by atoms with Crippen molar-refractivity contribution >= 4 is 17.9 Å². The van der Waals surface area contributed by atoms with Gasteiger partial charge in [-0.25, -0.2) is 14.4 Å². The highest BCUT2D eigenvalue weighted by Crippen LogP contribution is 2.36. The van der Waals surface area contributed by atoms with Crippen molar-refractivity contribution in [3.05, 3.63) is 71.8 Å². The summed E-state index contributed by atoms with van der Waals surface area (Å²) < 4.78 is 39.2. The van der Waals surface area contributed by atoms with Crippen LogP contribution in [0.4, 0.5) is 0 Å². The van der Waals surface area contributed by atoms with Crippen LogP contribution < -0.4 is 0 Å². The molecule has 2 fully saturated rings. The number of fused-ring (bicyclic) bond motifs is 1. The molecule has 1 unspecified atom stereocenters. The maximum atomic E-state index is 13.0. The smallest absolute Gasteiger partial charge is 0.366 e. The summed E-state index contributed by atoms with van der Waals surface area (Å²) in [6.45, 7) is 1.30. The zero-order chi connectivity index (χ0) is 25.0. The molecular weight excluding hydrogens is 460 g/mol. The van der Waals surface area contributed by atoms with Crippen LogP contribution in [0.1, 0.15) is 27.6 Å². The Balaban J connectivity index is 1.67. The van der Waals surface area contributed by atoms with E-state index in [1.165, 1.54) is 21.1 Å². The highest BCUT2D eigenvalue weighted by atomic mass is 16.8. The molecular formula is C25H26O10. The molecule has 0 aromatic heterocycles. The van der Waals surface area contributed by atoms with Gasteiger partial charge in [0.25, 0.3) is 5.79 Å². The minimum atomic E-state index is -1.79. The van der Waals surface area contributed by atoms with Crippen molar-refractivity contribution in [2.75, 3.05) is 20.8 Å². The maximum Gasteiger partial charge on any atom is 0.366 e. The standard InChI is InChI=1S/C25H26O10/c1-25(24(28)30-3)31-14-17-18(35-25)19(33-21(26)15-10-6-4-7-11-15)20(23(29-2)32-17)34-22(27)16-12-8-5-9-13-16/h4-13,17-20,23H,14H2,1-3H3/t17-,18-,19+,20+,23+,25?/m1/s1. The zero-order valence-electron chi connectivity index (χ0n) is 19.4. The molecule has 0 amide bonds. The minimum Gasteiger partial charge on any atom is -0.465 e. The third-order valence-corrected chi connectivity index (χ3v) is 5.77. The van der Waals surface area contributed by atoms with Crippen LogP contribution in [0.15, 0.2) is 60.7 Å². The van der Waals surface area contributed by atoms with Crippen LogP contribution >= 0.6 is 0 Å². The van der Waals surface area contributed by atoms with Crippen molar-refractivity contribution in [3.63, 3.8) is 0 Å². The Labute approximate surface area is 202 Å². The quantitative estimate of drug-likeness (QED) is 0.444. The molecule has 186 valence electrons. The normalized spacial score (nSPS) is 30.0. The lowest BCUT2D eigenvalue weighted by molar-refractivity contribution is -0.375. The lowest BCUT2D eigenvalue weighted by Crippen LogP contribution is -2.68. The van der Waals surface area contributed by atoms with Gasteiger partial charge in [-0.3, -0.25) is 0 Å². The molecule has 2 aromatic rings. The highest BCUT2D eigenvalue weighted by Gasteiger charge is 2.58. The molecule has 10 nitrogen and oxygen atoms in total. The highest BCUT2D eigenvalue weighted by molar-refractivity contribution is 5.90. The molecule has 4 rings (SSSR count). The molecule has 0 aliphatic carbocycles. The summed E-state index contributed by atoms with van der Waals surface area (Å²) in [7, 11) is 2.57. The van der Waals surface area contributed by atoms with E-state index in [4.69, 9.17) is 33.2 Å². The first-order chi connectivity index (χ1) is 16.9. The van der Waals surface area contributed by atoms with Gasteiger partial charge in [0.1, 0.15) is 12.2 Å². The molecule has 35 heavy (non-hydrogen) atoms. The molecule has 2 aromatic carbocycles. The van der Waals surface area contributed by atoms with E-state index in [2.05, 4.69) is 0 Å². The molecule has 6 atom stereocenters. The van der Waals surface area contributed by atoms with Gasteiger partial charge in [-0.05, 0) is 24.3 Å². The lowest BCUT2D eigenvalue weighted by Gasteiger charge is -2.49. The number of carbonyl (C=O) groups excluding carboxylic acids is 3. The van der Waals surface area contributed by atoms with E-state index in [1.54, 1.807) is 60.7 Å². The number of ether oxygens (including phenoxy) is 7. The van der Waals surface area contributed by atoms with Crippen LogP contribution in [-0.4, -0.2) is 75.2 Å². The van der Waals surface area contributed by atoms with E-state index >= 15 is 0 Å². The monoisotopic (exact) mass is 486 g/mol. The molecule has 0 radical (unpaired) electrons. The van der Waals surface area contributed by atoms with E-state index < -0.39 is 54.4 Å². The summed E-state index contributed by atoms with van der Waals surface area (Å²) in [6, 6.07) is 16.6. The number of hydrogen-bond acceptors (Lipinski definition) is 10. The minimum absolute atomic E-state index is 0.0884. The molecule has 0 N–H and O–H groups in total. The van der Waals surface area contributed by atoms with E-state index in [0.717, 1.165) is 0 Å².